The van der Waals surface area contributed by atoms with Crippen molar-refractivity contribution in [2.75, 3.05) is 0 Å². The highest BCUT2D eigenvalue weighted by Gasteiger charge is 2.28. The van der Waals surface area contributed by atoms with Crippen molar-refractivity contribution in [1.29, 1.82) is 0 Å². The van der Waals surface area contributed by atoms with Crippen LogP contribution in [0.1, 0.15) is 17.7 Å². The summed E-state index contributed by atoms with van der Waals surface area (Å²) in [5.74, 6) is -0.763. The van der Waals surface area contributed by atoms with Gasteiger partial charge in [-0.2, -0.15) is 0 Å². The fourth-order valence-electron chi connectivity index (χ4n) is 2.47. The van der Waals surface area contributed by atoms with Crippen molar-refractivity contribution in [3.8, 4) is 0 Å². The van der Waals surface area contributed by atoms with Crippen molar-refractivity contribution < 1.29 is 18.7 Å². The number of fused-ring (bicyclic) bond motifs is 3. The SMILES string of the molecule is O=C(O)C1CCc2c(oc3ccc(F)cc23)C1. The summed E-state index contributed by atoms with van der Waals surface area (Å²) >= 11 is 0. The maximum Gasteiger partial charge on any atom is 0.306 e. The molecule has 0 saturated heterocycles. The van der Waals surface area contributed by atoms with Crippen LogP contribution in [0, 0.1) is 11.7 Å². The molecule has 88 valence electrons. The number of hydrogen-bond acceptors (Lipinski definition) is 2. The van der Waals surface area contributed by atoms with Gasteiger partial charge in [-0.3, -0.25) is 4.79 Å². The number of rotatable bonds is 1. The molecule has 17 heavy (non-hydrogen) atoms. The molecule has 0 radical (unpaired) electrons. The fraction of sp³-hybridized carbons (Fsp3) is 0.308. The molecule has 2 aromatic rings. The molecule has 0 spiro atoms. The molecule has 1 heterocycles. The molecule has 1 unspecified atom stereocenters. The second-order valence-electron chi connectivity index (χ2n) is 4.42. The molecule has 1 aromatic carbocycles. The lowest BCUT2D eigenvalue weighted by Crippen LogP contribution is -2.21. The van der Waals surface area contributed by atoms with Crippen molar-refractivity contribution in [1.82, 2.24) is 0 Å². The van der Waals surface area contributed by atoms with Crippen LogP contribution in [0.25, 0.3) is 11.0 Å². The lowest BCUT2D eigenvalue weighted by Gasteiger charge is -2.16. The molecule has 0 amide bonds. The monoisotopic (exact) mass is 234 g/mol. The summed E-state index contributed by atoms with van der Waals surface area (Å²) in [6.45, 7) is 0. The third-order valence-electron chi connectivity index (χ3n) is 3.36. The average Bonchev–Trinajstić information content (AvgIpc) is 2.66. The van der Waals surface area contributed by atoms with Gasteiger partial charge in [0.2, 0.25) is 0 Å². The van der Waals surface area contributed by atoms with Gasteiger partial charge in [-0.25, -0.2) is 4.39 Å². The van der Waals surface area contributed by atoms with Crippen molar-refractivity contribution in [2.45, 2.75) is 19.3 Å². The minimum atomic E-state index is -0.790. The van der Waals surface area contributed by atoms with Gasteiger partial charge in [0.15, 0.2) is 0 Å². The Balaban J connectivity index is 2.10. The number of aryl methyl sites for hydroxylation is 1. The van der Waals surface area contributed by atoms with E-state index in [0.29, 0.717) is 30.6 Å². The summed E-state index contributed by atoms with van der Waals surface area (Å²) in [4.78, 5) is 10.9. The van der Waals surface area contributed by atoms with E-state index in [9.17, 15) is 9.18 Å². The van der Waals surface area contributed by atoms with Crippen LogP contribution in [-0.2, 0) is 17.6 Å². The largest absolute Gasteiger partial charge is 0.481 e. The first kappa shape index (κ1) is 10.3. The molecule has 4 heteroatoms. The topological polar surface area (TPSA) is 50.4 Å². The van der Waals surface area contributed by atoms with E-state index in [4.69, 9.17) is 9.52 Å². The van der Waals surface area contributed by atoms with Gasteiger partial charge in [-0.1, -0.05) is 0 Å². The van der Waals surface area contributed by atoms with Crippen LogP contribution in [0.2, 0.25) is 0 Å². The first-order valence-corrected chi connectivity index (χ1v) is 5.58. The Kier molecular flexibility index (Phi) is 2.18. The minimum Gasteiger partial charge on any atom is -0.481 e. The van der Waals surface area contributed by atoms with Crippen LogP contribution in [-0.4, -0.2) is 11.1 Å². The van der Waals surface area contributed by atoms with Gasteiger partial charge in [0, 0.05) is 17.4 Å². The van der Waals surface area contributed by atoms with E-state index in [1.54, 1.807) is 6.07 Å². The van der Waals surface area contributed by atoms with Gasteiger partial charge >= 0.3 is 5.97 Å². The standard InChI is InChI=1S/C13H11FO3/c14-8-2-4-11-10(6-8)9-3-1-7(13(15)16)5-12(9)17-11/h2,4,6-7H,1,3,5H2,(H,15,16). The van der Waals surface area contributed by atoms with E-state index in [2.05, 4.69) is 0 Å². The summed E-state index contributed by atoms with van der Waals surface area (Å²) in [5.41, 5.74) is 1.61. The summed E-state index contributed by atoms with van der Waals surface area (Å²) in [7, 11) is 0. The van der Waals surface area contributed by atoms with Crippen LogP contribution in [0.15, 0.2) is 22.6 Å². The zero-order chi connectivity index (χ0) is 12.0. The Bertz CT molecular complexity index is 600. The Morgan fingerprint density at radius 3 is 3.06 bits per heavy atom. The molecule has 1 aliphatic carbocycles. The molecule has 0 saturated carbocycles. The number of carboxylic acids is 1. The first-order valence-electron chi connectivity index (χ1n) is 5.58. The zero-order valence-electron chi connectivity index (χ0n) is 9.07. The molecule has 3 nitrogen and oxygen atoms in total. The molecule has 0 aliphatic heterocycles. The van der Waals surface area contributed by atoms with Crippen LogP contribution >= 0.6 is 0 Å². The Morgan fingerprint density at radius 1 is 1.47 bits per heavy atom. The summed E-state index contributed by atoms with van der Waals surface area (Å²) < 4.78 is 18.7. The van der Waals surface area contributed by atoms with E-state index in [-0.39, 0.29) is 11.7 Å². The zero-order valence-corrected chi connectivity index (χ0v) is 9.07. The van der Waals surface area contributed by atoms with Crippen LogP contribution in [0.4, 0.5) is 4.39 Å². The van der Waals surface area contributed by atoms with Crippen molar-refractivity contribution >= 4 is 16.9 Å². The molecule has 3 rings (SSSR count). The van der Waals surface area contributed by atoms with Crippen molar-refractivity contribution in [2.24, 2.45) is 5.92 Å². The van der Waals surface area contributed by atoms with Gasteiger partial charge in [0.1, 0.15) is 17.2 Å². The lowest BCUT2D eigenvalue weighted by atomic mass is 9.87. The molecule has 1 N–H and O–H groups in total. The number of furan rings is 1. The molecular formula is C13H11FO3. The van der Waals surface area contributed by atoms with Gasteiger partial charge in [0.25, 0.3) is 0 Å². The van der Waals surface area contributed by atoms with Crippen LogP contribution in [0.5, 0.6) is 0 Å². The molecule has 1 aromatic heterocycles. The fourth-order valence-corrected chi connectivity index (χ4v) is 2.47. The van der Waals surface area contributed by atoms with E-state index >= 15 is 0 Å². The van der Waals surface area contributed by atoms with Gasteiger partial charge < -0.3 is 9.52 Å². The minimum absolute atomic E-state index is 0.290. The highest BCUT2D eigenvalue weighted by Crippen LogP contribution is 2.34. The maximum absolute atomic E-state index is 13.2. The molecule has 0 fully saturated rings. The second-order valence-corrected chi connectivity index (χ2v) is 4.42. The number of carbonyl (C=O) groups is 1. The molecule has 1 aliphatic rings. The Hall–Kier alpha value is -1.84. The van der Waals surface area contributed by atoms with E-state index in [1.165, 1.54) is 12.1 Å². The van der Waals surface area contributed by atoms with E-state index in [0.717, 1.165) is 10.9 Å². The molecule has 0 bridgehead atoms. The molecular weight excluding hydrogens is 223 g/mol. The van der Waals surface area contributed by atoms with Crippen molar-refractivity contribution in [3.63, 3.8) is 0 Å². The average molecular weight is 234 g/mol. The summed E-state index contributed by atoms with van der Waals surface area (Å²) in [5, 5.41) is 9.76. The smallest absolute Gasteiger partial charge is 0.306 e. The number of carboxylic acid groups (broad SMARTS) is 1. The van der Waals surface area contributed by atoms with Gasteiger partial charge in [0.05, 0.1) is 5.92 Å². The highest BCUT2D eigenvalue weighted by atomic mass is 19.1. The predicted octanol–water partition coefficient (Wildman–Crippen LogP) is 2.76. The number of benzene rings is 1. The predicted molar refractivity (Wildman–Crippen MR) is 59.3 cm³/mol. The molecule has 1 atom stereocenters. The van der Waals surface area contributed by atoms with Gasteiger partial charge in [-0.15, -0.1) is 0 Å². The Labute approximate surface area is 96.8 Å². The normalized spacial score (nSPS) is 19.2. The third-order valence-corrected chi connectivity index (χ3v) is 3.36. The second kappa shape index (κ2) is 3.58. The van der Waals surface area contributed by atoms with Crippen molar-refractivity contribution in [3.05, 3.63) is 35.3 Å². The van der Waals surface area contributed by atoms with E-state index < -0.39 is 5.97 Å². The number of hydrogen-bond donors (Lipinski definition) is 1. The lowest BCUT2D eigenvalue weighted by molar-refractivity contribution is -0.142. The first-order chi connectivity index (χ1) is 8.15. The van der Waals surface area contributed by atoms with Crippen LogP contribution < -0.4 is 0 Å². The summed E-state index contributed by atoms with van der Waals surface area (Å²) in [6.07, 6.45) is 1.64. The Morgan fingerprint density at radius 2 is 2.29 bits per heavy atom. The van der Waals surface area contributed by atoms with Gasteiger partial charge in [-0.05, 0) is 31.0 Å². The third kappa shape index (κ3) is 1.60. The quantitative estimate of drug-likeness (QED) is 0.825. The maximum atomic E-state index is 13.2. The summed E-state index contributed by atoms with van der Waals surface area (Å²) in [6, 6.07) is 4.41. The number of aliphatic carboxylic acids is 1. The highest BCUT2D eigenvalue weighted by molar-refractivity contribution is 5.83. The van der Waals surface area contributed by atoms with Crippen LogP contribution in [0.3, 0.4) is 0 Å². The number of halogens is 1. The van der Waals surface area contributed by atoms with E-state index in [1.807, 2.05) is 0 Å².